The van der Waals surface area contributed by atoms with Gasteiger partial charge in [0, 0.05) is 21.5 Å². The molecule has 0 heterocycles. The van der Waals surface area contributed by atoms with Crippen LogP contribution in [-0.4, -0.2) is 26.5 Å². The minimum Gasteiger partial charge on any atom is -0.437 e. The second-order valence-corrected chi connectivity index (χ2v) is 5.31. The van der Waals surface area contributed by atoms with Crippen LogP contribution in [0.2, 0.25) is 0 Å². The van der Waals surface area contributed by atoms with Gasteiger partial charge in [-0.25, -0.2) is 9.59 Å². The summed E-state index contributed by atoms with van der Waals surface area (Å²) < 4.78 is 20.1. The van der Waals surface area contributed by atoms with Gasteiger partial charge in [-0.3, -0.25) is 0 Å². The van der Waals surface area contributed by atoms with Crippen molar-refractivity contribution in [2.75, 3.05) is 14.2 Å². The van der Waals surface area contributed by atoms with E-state index in [4.69, 9.17) is 9.47 Å². The van der Waals surface area contributed by atoms with Crippen LogP contribution in [0, 0.1) is 6.92 Å². The lowest BCUT2D eigenvalue weighted by molar-refractivity contribution is 0.120. The minimum absolute atomic E-state index is 0.346. The Hall–Kier alpha value is -3.28. The number of rotatable bonds is 2. The van der Waals surface area contributed by atoms with Gasteiger partial charge in [-0.2, -0.15) is 0 Å². The van der Waals surface area contributed by atoms with Crippen molar-refractivity contribution in [1.29, 1.82) is 0 Å². The van der Waals surface area contributed by atoms with E-state index < -0.39 is 12.3 Å². The van der Waals surface area contributed by atoms with Crippen molar-refractivity contribution in [2.45, 2.75) is 6.92 Å². The zero-order valence-corrected chi connectivity index (χ0v) is 14.0. The van der Waals surface area contributed by atoms with Crippen LogP contribution in [0.3, 0.4) is 0 Å². The van der Waals surface area contributed by atoms with Crippen LogP contribution in [0.25, 0.3) is 21.5 Å². The topological polar surface area (TPSA) is 71.1 Å². The molecule has 3 aromatic carbocycles. The smallest absolute Gasteiger partial charge is 0.437 e. The summed E-state index contributed by atoms with van der Waals surface area (Å²) in [7, 11) is 2.49. The monoisotopic (exact) mass is 340 g/mol. The highest BCUT2D eigenvalue weighted by Crippen LogP contribution is 2.44. The van der Waals surface area contributed by atoms with E-state index in [0.717, 1.165) is 5.56 Å². The molecule has 0 N–H and O–H groups in total. The lowest BCUT2D eigenvalue weighted by atomic mass is 9.97. The Balaban J connectivity index is 2.43. The molecule has 25 heavy (non-hydrogen) atoms. The molecule has 6 nitrogen and oxygen atoms in total. The lowest BCUT2D eigenvalue weighted by Crippen LogP contribution is -2.10. The highest BCUT2D eigenvalue weighted by molar-refractivity contribution is 6.13. The molecule has 3 rings (SSSR count). The molecule has 0 aromatic heterocycles. The summed E-state index contributed by atoms with van der Waals surface area (Å²) >= 11 is 0. The standard InChI is InChI=1S/C19H16O6/c1-11-7-6-10-14-15(11)17(25-19(21)23-3)13-9-5-4-8-12(13)16(14)24-18(20)22-2/h4-10H,1-3H3. The van der Waals surface area contributed by atoms with Crippen molar-refractivity contribution in [2.24, 2.45) is 0 Å². The van der Waals surface area contributed by atoms with Gasteiger partial charge in [0.2, 0.25) is 0 Å². The lowest BCUT2D eigenvalue weighted by Gasteiger charge is -2.16. The summed E-state index contributed by atoms with van der Waals surface area (Å²) in [6, 6.07) is 12.7. The Morgan fingerprint density at radius 3 is 1.84 bits per heavy atom. The van der Waals surface area contributed by atoms with Gasteiger partial charge in [-0.1, -0.05) is 42.5 Å². The number of methoxy groups -OCH3 is 2. The zero-order valence-electron chi connectivity index (χ0n) is 14.0. The summed E-state index contributed by atoms with van der Waals surface area (Å²) in [4.78, 5) is 23.5. The van der Waals surface area contributed by atoms with Crippen LogP contribution in [0.5, 0.6) is 11.5 Å². The predicted octanol–water partition coefficient (Wildman–Crippen LogP) is 4.59. The second kappa shape index (κ2) is 6.68. The first-order chi connectivity index (χ1) is 12.1. The zero-order chi connectivity index (χ0) is 18.0. The van der Waals surface area contributed by atoms with Gasteiger partial charge in [0.1, 0.15) is 5.75 Å². The van der Waals surface area contributed by atoms with E-state index in [1.165, 1.54) is 14.2 Å². The van der Waals surface area contributed by atoms with E-state index in [2.05, 4.69) is 9.47 Å². The molecular weight excluding hydrogens is 324 g/mol. The van der Waals surface area contributed by atoms with Gasteiger partial charge in [-0.15, -0.1) is 0 Å². The molecule has 0 aliphatic rings. The summed E-state index contributed by atoms with van der Waals surface area (Å²) in [6.07, 6.45) is -1.65. The van der Waals surface area contributed by atoms with Crippen LogP contribution in [0.4, 0.5) is 9.59 Å². The maximum Gasteiger partial charge on any atom is 0.513 e. The Morgan fingerprint density at radius 1 is 0.720 bits per heavy atom. The number of carbonyl (C=O) groups is 2. The molecule has 0 bridgehead atoms. The van der Waals surface area contributed by atoms with Crippen molar-refractivity contribution in [1.82, 2.24) is 0 Å². The SMILES string of the molecule is COC(=O)Oc1c2ccccc2c(OC(=O)OC)c2c(C)cccc12. The Kier molecular flexibility index (Phi) is 4.43. The number of hydrogen-bond donors (Lipinski definition) is 0. The first-order valence-electron chi connectivity index (χ1n) is 7.52. The van der Waals surface area contributed by atoms with Gasteiger partial charge in [-0.05, 0) is 12.5 Å². The first kappa shape index (κ1) is 16.6. The van der Waals surface area contributed by atoms with Crippen molar-refractivity contribution in [3.05, 3.63) is 48.0 Å². The van der Waals surface area contributed by atoms with Crippen LogP contribution >= 0.6 is 0 Å². The van der Waals surface area contributed by atoms with Gasteiger partial charge in [0.05, 0.1) is 14.2 Å². The third-order valence-electron chi connectivity index (χ3n) is 3.86. The quantitative estimate of drug-likeness (QED) is 0.386. The predicted molar refractivity (Wildman–Crippen MR) is 92.3 cm³/mol. The summed E-state index contributed by atoms with van der Waals surface area (Å²) in [5.74, 6) is 0.700. The Bertz CT molecular complexity index is 976. The fourth-order valence-electron chi connectivity index (χ4n) is 2.78. The normalized spacial score (nSPS) is 10.5. The number of benzene rings is 3. The van der Waals surface area contributed by atoms with E-state index in [1.807, 2.05) is 19.1 Å². The van der Waals surface area contributed by atoms with Crippen molar-refractivity contribution >= 4 is 33.9 Å². The molecule has 0 atom stereocenters. The van der Waals surface area contributed by atoms with E-state index in [1.54, 1.807) is 30.3 Å². The Morgan fingerprint density at radius 2 is 1.24 bits per heavy atom. The van der Waals surface area contributed by atoms with E-state index >= 15 is 0 Å². The minimum atomic E-state index is -0.824. The van der Waals surface area contributed by atoms with Crippen LogP contribution < -0.4 is 9.47 Å². The van der Waals surface area contributed by atoms with Crippen molar-refractivity contribution in [3.63, 3.8) is 0 Å². The fraction of sp³-hybridized carbons (Fsp3) is 0.158. The average molecular weight is 340 g/mol. The molecule has 0 spiro atoms. The van der Waals surface area contributed by atoms with Crippen LogP contribution in [0.1, 0.15) is 5.56 Å². The molecular formula is C19H16O6. The molecule has 0 amide bonds. The average Bonchev–Trinajstić information content (AvgIpc) is 2.63. The highest BCUT2D eigenvalue weighted by Gasteiger charge is 2.21. The second-order valence-electron chi connectivity index (χ2n) is 5.31. The van der Waals surface area contributed by atoms with Crippen LogP contribution in [-0.2, 0) is 9.47 Å². The third-order valence-corrected chi connectivity index (χ3v) is 3.86. The van der Waals surface area contributed by atoms with E-state index in [0.29, 0.717) is 33.0 Å². The number of fused-ring (bicyclic) bond motifs is 2. The molecule has 3 aromatic rings. The van der Waals surface area contributed by atoms with Gasteiger partial charge < -0.3 is 18.9 Å². The van der Waals surface area contributed by atoms with Gasteiger partial charge in [0.25, 0.3) is 0 Å². The summed E-state index contributed by atoms with van der Waals surface area (Å²) in [5, 5.41) is 2.52. The summed E-state index contributed by atoms with van der Waals surface area (Å²) in [5.41, 5.74) is 0.858. The maximum atomic E-state index is 11.7. The molecule has 0 unspecified atom stereocenters. The van der Waals surface area contributed by atoms with Crippen molar-refractivity contribution in [3.8, 4) is 11.5 Å². The number of hydrogen-bond acceptors (Lipinski definition) is 6. The fourth-order valence-corrected chi connectivity index (χ4v) is 2.78. The van der Waals surface area contributed by atoms with Gasteiger partial charge >= 0.3 is 12.3 Å². The number of aryl methyl sites for hydroxylation is 1. The number of carbonyl (C=O) groups excluding carboxylic acids is 2. The molecule has 6 heteroatoms. The molecule has 0 aliphatic heterocycles. The van der Waals surface area contributed by atoms with Gasteiger partial charge in [0.15, 0.2) is 5.75 Å². The summed E-state index contributed by atoms with van der Waals surface area (Å²) in [6.45, 7) is 1.88. The maximum absolute atomic E-state index is 11.7. The molecule has 0 aliphatic carbocycles. The highest BCUT2D eigenvalue weighted by atomic mass is 16.7. The molecule has 0 saturated heterocycles. The third kappa shape index (κ3) is 2.94. The Labute approximate surface area is 143 Å². The molecule has 128 valence electrons. The number of ether oxygens (including phenoxy) is 4. The van der Waals surface area contributed by atoms with Crippen molar-refractivity contribution < 1.29 is 28.5 Å². The molecule has 0 radical (unpaired) electrons. The largest absolute Gasteiger partial charge is 0.513 e. The van der Waals surface area contributed by atoms with E-state index in [-0.39, 0.29) is 0 Å². The van der Waals surface area contributed by atoms with Crippen LogP contribution in [0.15, 0.2) is 42.5 Å². The van der Waals surface area contributed by atoms with E-state index in [9.17, 15) is 9.59 Å². The molecule has 0 saturated carbocycles. The first-order valence-corrected chi connectivity index (χ1v) is 7.52. The molecule has 0 fully saturated rings.